The number of carbonyl (C=O) groups is 1. The third kappa shape index (κ3) is 3.44. The summed E-state index contributed by atoms with van der Waals surface area (Å²) < 4.78 is 5.30. The minimum absolute atomic E-state index is 0.135. The molecule has 0 bridgehead atoms. The summed E-state index contributed by atoms with van der Waals surface area (Å²) in [6.45, 7) is 5.64. The summed E-state index contributed by atoms with van der Waals surface area (Å²) >= 11 is 0. The normalized spacial score (nSPS) is 46.7. The van der Waals surface area contributed by atoms with Crippen LogP contribution in [0.15, 0.2) is 42.0 Å². The van der Waals surface area contributed by atoms with Crippen LogP contribution in [0, 0.1) is 40.4 Å². The molecule has 4 saturated carbocycles. The molecule has 1 aliphatic heterocycles. The maximum Gasteiger partial charge on any atom is 0.331 e. The van der Waals surface area contributed by atoms with E-state index in [0.29, 0.717) is 29.3 Å². The highest BCUT2D eigenvalue weighted by Gasteiger charge is 2.61. The van der Waals surface area contributed by atoms with E-state index in [-0.39, 0.29) is 5.97 Å². The number of hydrogen-bond donors (Lipinski definition) is 1. The lowest BCUT2D eigenvalue weighted by molar-refractivity contribution is -0.149. The van der Waals surface area contributed by atoms with E-state index in [1.165, 1.54) is 56.1 Å². The summed E-state index contributed by atoms with van der Waals surface area (Å²) in [5.74, 6) is 3.43. The van der Waals surface area contributed by atoms with Crippen LogP contribution >= 0.6 is 0 Å². The van der Waals surface area contributed by atoms with Crippen LogP contribution in [0.5, 0.6) is 0 Å². The minimum atomic E-state index is -0.540. The van der Waals surface area contributed by atoms with Gasteiger partial charge in [-0.1, -0.05) is 44.2 Å². The zero-order chi connectivity index (χ0) is 22.8. The molecule has 178 valence electrons. The van der Waals surface area contributed by atoms with Gasteiger partial charge in [-0.2, -0.15) is 0 Å². The summed E-state index contributed by atoms with van der Waals surface area (Å²) in [7, 11) is 0. The zero-order valence-electron chi connectivity index (χ0n) is 20.4. The Morgan fingerprint density at radius 3 is 2.48 bits per heavy atom. The molecular weight excluding hydrogens is 408 g/mol. The van der Waals surface area contributed by atoms with Gasteiger partial charge in [-0.25, -0.2) is 4.79 Å². The molecule has 0 radical (unpaired) electrons. The van der Waals surface area contributed by atoms with Crippen LogP contribution in [-0.2, 0) is 16.0 Å². The van der Waals surface area contributed by atoms with Crippen molar-refractivity contribution in [3.05, 3.63) is 47.5 Å². The van der Waals surface area contributed by atoms with Crippen LogP contribution in [0.3, 0.4) is 0 Å². The van der Waals surface area contributed by atoms with Crippen LogP contribution < -0.4 is 0 Å². The number of carbonyl (C=O) groups excluding carboxylic acids is 1. The first-order valence-electron chi connectivity index (χ1n) is 13.4. The van der Waals surface area contributed by atoms with Gasteiger partial charge in [0.05, 0.1) is 5.60 Å². The van der Waals surface area contributed by atoms with Gasteiger partial charge in [-0.05, 0) is 109 Å². The van der Waals surface area contributed by atoms with Gasteiger partial charge in [0, 0.05) is 12.5 Å². The largest absolute Gasteiger partial charge is 0.458 e. The Labute approximate surface area is 199 Å². The van der Waals surface area contributed by atoms with Gasteiger partial charge in [-0.3, -0.25) is 0 Å². The number of ether oxygens (including phenoxy) is 1. The number of rotatable bonds is 3. The summed E-state index contributed by atoms with van der Waals surface area (Å²) in [4.78, 5) is 11.8. The molecule has 3 nitrogen and oxygen atoms in total. The van der Waals surface area contributed by atoms with E-state index in [9.17, 15) is 9.90 Å². The van der Waals surface area contributed by atoms with Crippen LogP contribution in [0.4, 0.5) is 0 Å². The molecule has 1 heterocycles. The third-order valence-corrected chi connectivity index (χ3v) is 11.3. The lowest BCUT2D eigenvalue weighted by Gasteiger charge is -2.62. The second kappa shape index (κ2) is 7.70. The molecule has 1 aromatic carbocycles. The second-order valence-electron chi connectivity index (χ2n) is 12.7. The molecule has 1 N–H and O–H groups in total. The van der Waals surface area contributed by atoms with E-state index in [2.05, 4.69) is 44.2 Å². The number of fused-ring (bicyclic) bond motifs is 5. The van der Waals surface area contributed by atoms with Gasteiger partial charge >= 0.3 is 5.97 Å². The Kier molecular flexibility index (Phi) is 5.11. The Balaban J connectivity index is 1.20. The smallest absolute Gasteiger partial charge is 0.331 e. The second-order valence-corrected chi connectivity index (χ2v) is 12.7. The molecule has 0 aromatic heterocycles. The van der Waals surface area contributed by atoms with Gasteiger partial charge < -0.3 is 9.84 Å². The van der Waals surface area contributed by atoms with Crippen molar-refractivity contribution in [2.24, 2.45) is 40.4 Å². The molecule has 1 aromatic rings. The molecule has 0 amide bonds. The molecule has 0 unspecified atom stereocenters. The average molecular weight is 449 g/mol. The lowest BCUT2D eigenvalue weighted by Crippen LogP contribution is -2.56. The molecule has 3 heteroatoms. The Hall–Kier alpha value is -1.61. The van der Waals surface area contributed by atoms with Crippen molar-refractivity contribution in [2.75, 3.05) is 6.61 Å². The monoisotopic (exact) mass is 448 g/mol. The highest BCUT2D eigenvalue weighted by Crippen LogP contribution is 2.69. The Bertz CT molecular complexity index is 953. The fraction of sp³-hybridized carbons (Fsp3) is 0.700. The number of hydrogen-bond acceptors (Lipinski definition) is 3. The highest BCUT2D eigenvalue weighted by molar-refractivity contribution is 5.85. The van der Waals surface area contributed by atoms with Crippen molar-refractivity contribution < 1.29 is 14.6 Å². The summed E-state index contributed by atoms with van der Waals surface area (Å²) in [6, 6.07) is 10.6. The van der Waals surface area contributed by atoms with Crippen LogP contribution in [0.25, 0.3) is 0 Å². The van der Waals surface area contributed by atoms with E-state index in [0.717, 1.165) is 37.0 Å². The van der Waals surface area contributed by atoms with Crippen LogP contribution in [0.2, 0.25) is 0 Å². The zero-order valence-corrected chi connectivity index (χ0v) is 20.4. The summed E-state index contributed by atoms with van der Waals surface area (Å²) in [5.41, 5.74) is 2.70. The van der Waals surface area contributed by atoms with E-state index in [4.69, 9.17) is 4.74 Å². The first-order chi connectivity index (χ1) is 15.8. The minimum Gasteiger partial charge on any atom is -0.458 e. The summed E-state index contributed by atoms with van der Waals surface area (Å²) in [5, 5.41) is 11.6. The number of cyclic esters (lactones) is 1. The quantitative estimate of drug-likeness (QED) is 0.568. The van der Waals surface area contributed by atoms with Gasteiger partial charge in [0.25, 0.3) is 0 Å². The highest BCUT2D eigenvalue weighted by atomic mass is 16.5. The number of esters is 1. The van der Waals surface area contributed by atoms with E-state index in [1.807, 2.05) is 0 Å². The topological polar surface area (TPSA) is 46.5 Å². The molecule has 0 saturated heterocycles. The first kappa shape index (κ1) is 21.9. The molecule has 4 aliphatic carbocycles. The maximum absolute atomic E-state index is 11.8. The molecule has 0 spiro atoms. The third-order valence-electron chi connectivity index (χ3n) is 11.3. The van der Waals surface area contributed by atoms with Gasteiger partial charge in [0.15, 0.2) is 0 Å². The molecular formula is C30H40O3. The van der Waals surface area contributed by atoms with Crippen molar-refractivity contribution in [1.29, 1.82) is 0 Å². The predicted octanol–water partition coefficient (Wildman–Crippen LogP) is 6.10. The Morgan fingerprint density at radius 1 is 0.939 bits per heavy atom. The maximum atomic E-state index is 11.8. The molecule has 4 fully saturated rings. The van der Waals surface area contributed by atoms with E-state index in [1.54, 1.807) is 6.08 Å². The number of aliphatic hydroxyl groups is 1. The molecule has 33 heavy (non-hydrogen) atoms. The van der Waals surface area contributed by atoms with Gasteiger partial charge in [0.2, 0.25) is 0 Å². The number of benzene rings is 1. The fourth-order valence-corrected chi connectivity index (χ4v) is 9.66. The van der Waals surface area contributed by atoms with Crippen molar-refractivity contribution in [2.45, 2.75) is 83.7 Å². The van der Waals surface area contributed by atoms with Crippen molar-refractivity contribution in [3.8, 4) is 0 Å². The molecule has 8 atom stereocenters. The van der Waals surface area contributed by atoms with Crippen molar-refractivity contribution in [1.82, 2.24) is 0 Å². The fourth-order valence-electron chi connectivity index (χ4n) is 9.66. The SMILES string of the molecule is C[C@]12CC[C@@](O)(Cc3ccccc3)C[C@H]1CC[C@@H]1[C@@H]2CC[C@]2(C)[C@@H](C3=CC(=O)OC3)CC[C@@H]12. The van der Waals surface area contributed by atoms with E-state index >= 15 is 0 Å². The molecule has 6 rings (SSSR count). The van der Waals surface area contributed by atoms with Crippen molar-refractivity contribution >= 4 is 5.97 Å². The van der Waals surface area contributed by atoms with Crippen LogP contribution in [0.1, 0.15) is 77.2 Å². The average Bonchev–Trinajstić information content (AvgIpc) is 3.37. The van der Waals surface area contributed by atoms with Crippen LogP contribution in [-0.4, -0.2) is 23.3 Å². The van der Waals surface area contributed by atoms with Crippen molar-refractivity contribution in [3.63, 3.8) is 0 Å². The first-order valence-corrected chi connectivity index (χ1v) is 13.4. The van der Waals surface area contributed by atoms with Gasteiger partial charge in [-0.15, -0.1) is 0 Å². The standard InChI is InChI=1S/C30H40O3/c1-28-14-15-30(32,17-20-6-4-3-5-7-20)18-22(28)8-9-23-25-11-10-24(21-16-27(31)33-19-21)29(25,2)13-12-26(23)28/h3-7,16,22-26,32H,8-15,17-19H2,1-2H3/t22-,23+,24-,25+,26+,28+,29-,30-/m1/s1. The summed E-state index contributed by atoms with van der Waals surface area (Å²) in [6.07, 6.45) is 13.4. The van der Waals surface area contributed by atoms with E-state index < -0.39 is 5.60 Å². The Morgan fingerprint density at radius 2 is 1.73 bits per heavy atom. The van der Waals surface area contributed by atoms with Gasteiger partial charge in [0.1, 0.15) is 6.61 Å². The lowest BCUT2D eigenvalue weighted by atomic mass is 9.43. The molecule has 5 aliphatic rings. The predicted molar refractivity (Wildman–Crippen MR) is 129 cm³/mol.